The Labute approximate surface area is 155 Å². The number of hydrogen-bond donors (Lipinski definition) is 0. The minimum atomic E-state index is -0.361. The van der Waals surface area contributed by atoms with E-state index >= 15 is 0 Å². The second-order valence-corrected chi connectivity index (χ2v) is 7.13. The zero-order chi connectivity index (χ0) is 18.4. The molecule has 3 aromatic rings. The molecule has 1 aliphatic heterocycles. The maximum absolute atomic E-state index is 12.7. The molecule has 0 aliphatic carbocycles. The third-order valence-electron chi connectivity index (χ3n) is 4.96. The number of fused-ring (bicyclic) bond motifs is 3. The molecule has 0 unspecified atom stereocenters. The van der Waals surface area contributed by atoms with Crippen LogP contribution in [0.4, 0.5) is 5.95 Å². The first-order valence-corrected chi connectivity index (χ1v) is 9.01. The summed E-state index contributed by atoms with van der Waals surface area (Å²) in [5.74, 6) is 0.741. The minimum Gasteiger partial charge on any atom is -0.338 e. The predicted octanol–water partition coefficient (Wildman–Crippen LogP) is 1.89. The Morgan fingerprint density at radius 3 is 2.46 bits per heavy atom. The van der Waals surface area contributed by atoms with E-state index in [0.717, 1.165) is 42.0 Å². The van der Waals surface area contributed by atoms with Gasteiger partial charge in [-0.15, -0.1) is 0 Å². The van der Waals surface area contributed by atoms with Crippen LogP contribution in [0.15, 0.2) is 33.9 Å². The summed E-state index contributed by atoms with van der Waals surface area (Å²) in [5, 5.41) is 0.704. The van der Waals surface area contributed by atoms with Crippen LogP contribution >= 0.6 is 11.6 Å². The average Bonchev–Trinajstić information content (AvgIpc) is 2.91. The van der Waals surface area contributed by atoms with Crippen molar-refractivity contribution in [3.05, 3.63) is 55.7 Å². The van der Waals surface area contributed by atoms with Crippen molar-refractivity contribution in [2.75, 3.05) is 11.4 Å². The topological polar surface area (TPSA) is 65.1 Å². The molecule has 1 aromatic carbocycles. The van der Waals surface area contributed by atoms with Crippen LogP contribution in [0.5, 0.6) is 0 Å². The van der Waals surface area contributed by atoms with Crippen LogP contribution in [-0.2, 0) is 27.2 Å². The summed E-state index contributed by atoms with van der Waals surface area (Å²) >= 11 is 5.98. The first-order chi connectivity index (χ1) is 12.5. The molecule has 26 heavy (non-hydrogen) atoms. The molecule has 0 atom stereocenters. The molecule has 0 amide bonds. The normalized spacial score (nSPS) is 14.5. The van der Waals surface area contributed by atoms with Crippen LogP contribution in [0.3, 0.4) is 0 Å². The second-order valence-electron chi connectivity index (χ2n) is 6.70. The number of aromatic nitrogens is 4. The van der Waals surface area contributed by atoms with E-state index in [1.807, 2.05) is 28.8 Å². The van der Waals surface area contributed by atoms with Crippen LogP contribution in [0.2, 0.25) is 5.02 Å². The zero-order valence-electron chi connectivity index (χ0n) is 14.8. The molecule has 1 aliphatic rings. The van der Waals surface area contributed by atoms with Crippen LogP contribution in [-0.4, -0.2) is 25.2 Å². The van der Waals surface area contributed by atoms with Crippen molar-refractivity contribution >= 4 is 28.7 Å². The molecular formula is C18H20ClN5O2. The highest BCUT2D eigenvalue weighted by Crippen LogP contribution is 2.25. The van der Waals surface area contributed by atoms with Gasteiger partial charge < -0.3 is 9.47 Å². The smallest absolute Gasteiger partial charge is 0.332 e. The first-order valence-electron chi connectivity index (χ1n) is 8.63. The third-order valence-corrected chi connectivity index (χ3v) is 5.21. The van der Waals surface area contributed by atoms with Crippen molar-refractivity contribution in [2.45, 2.75) is 25.9 Å². The van der Waals surface area contributed by atoms with Gasteiger partial charge in [0.2, 0.25) is 5.95 Å². The van der Waals surface area contributed by atoms with Crippen molar-refractivity contribution in [3.8, 4) is 0 Å². The highest BCUT2D eigenvalue weighted by molar-refractivity contribution is 6.30. The highest BCUT2D eigenvalue weighted by Gasteiger charge is 2.24. The molecule has 0 saturated heterocycles. The third kappa shape index (κ3) is 2.63. The number of nitrogens with zero attached hydrogens (tertiary/aromatic N) is 5. The number of aryl methyl sites for hydroxylation is 2. The molecule has 0 fully saturated rings. The molecular weight excluding hydrogens is 354 g/mol. The summed E-state index contributed by atoms with van der Waals surface area (Å²) in [6.45, 7) is 2.24. The van der Waals surface area contributed by atoms with Crippen LogP contribution in [0, 0.1) is 0 Å². The van der Waals surface area contributed by atoms with Gasteiger partial charge in [0, 0.05) is 38.8 Å². The van der Waals surface area contributed by atoms with Gasteiger partial charge in [-0.3, -0.25) is 13.9 Å². The molecule has 0 bridgehead atoms. The molecule has 0 N–H and O–H groups in total. The lowest BCUT2D eigenvalue weighted by Crippen LogP contribution is -2.37. The lowest BCUT2D eigenvalue weighted by atomic mass is 10.2. The highest BCUT2D eigenvalue weighted by atomic mass is 35.5. The van der Waals surface area contributed by atoms with Gasteiger partial charge in [0.1, 0.15) is 0 Å². The van der Waals surface area contributed by atoms with Crippen molar-refractivity contribution in [2.24, 2.45) is 14.1 Å². The second kappa shape index (κ2) is 6.32. The van der Waals surface area contributed by atoms with Crippen molar-refractivity contribution in [3.63, 3.8) is 0 Å². The summed E-state index contributed by atoms with van der Waals surface area (Å²) in [6, 6.07) is 7.73. The van der Waals surface area contributed by atoms with E-state index < -0.39 is 0 Å². The van der Waals surface area contributed by atoms with Gasteiger partial charge in [-0.2, -0.15) is 4.98 Å². The van der Waals surface area contributed by atoms with Gasteiger partial charge in [-0.1, -0.05) is 23.7 Å². The van der Waals surface area contributed by atoms with Crippen molar-refractivity contribution in [1.29, 1.82) is 0 Å². The Morgan fingerprint density at radius 1 is 1.04 bits per heavy atom. The number of anilines is 1. The molecule has 4 rings (SSSR count). The Kier molecular flexibility index (Phi) is 4.11. The Hall–Kier alpha value is -2.54. The van der Waals surface area contributed by atoms with E-state index in [9.17, 15) is 9.59 Å². The first kappa shape index (κ1) is 16.9. The van der Waals surface area contributed by atoms with Gasteiger partial charge in [0.05, 0.1) is 0 Å². The number of rotatable bonds is 2. The average molecular weight is 374 g/mol. The summed E-state index contributed by atoms with van der Waals surface area (Å²) in [6.07, 6.45) is 1.98. The zero-order valence-corrected chi connectivity index (χ0v) is 15.5. The van der Waals surface area contributed by atoms with Gasteiger partial charge in [-0.05, 0) is 30.5 Å². The maximum atomic E-state index is 12.7. The monoisotopic (exact) mass is 373 g/mol. The molecule has 2 aromatic heterocycles. The van der Waals surface area contributed by atoms with Crippen LogP contribution in [0.25, 0.3) is 11.2 Å². The van der Waals surface area contributed by atoms with E-state index in [0.29, 0.717) is 22.7 Å². The van der Waals surface area contributed by atoms with E-state index in [1.54, 1.807) is 7.05 Å². The van der Waals surface area contributed by atoms with Crippen LogP contribution < -0.4 is 16.1 Å². The summed E-state index contributed by atoms with van der Waals surface area (Å²) < 4.78 is 4.55. The van der Waals surface area contributed by atoms with Gasteiger partial charge >= 0.3 is 5.69 Å². The van der Waals surface area contributed by atoms with Gasteiger partial charge in [-0.25, -0.2) is 4.79 Å². The summed E-state index contributed by atoms with van der Waals surface area (Å²) in [4.78, 5) is 31.8. The molecule has 0 spiro atoms. The number of imidazole rings is 1. The van der Waals surface area contributed by atoms with Crippen molar-refractivity contribution in [1.82, 2.24) is 18.7 Å². The number of hydrogen-bond acceptors (Lipinski definition) is 4. The molecule has 136 valence electrons. The Balaban J connectivity index is 1.88. The lowest BCUT2D eigenvalue weighted by molar-refractivity contribution is 0.654. The lowest BCUT2D eigenvalue weighted by Gasteiger charge is -2.21. The predicted molar refractivity (Wildman–Crippen MR) is 102 cm³/mol. The summed E-state index contributed by atoms with van der Waals surface area (Å²) in [5.41, 5.74) is 1.40. The van der Waals surface area contributed by atoms with E-state index in [1.165, 1.54) is 11.6 Å². The standard InChI is InChI=1S/C18H20ClN5O2/c1-21-15-14(16(25)22(2)18(21)26)24-10-4-3-9-23(17(24)20-15)11-12-5-7-13(19)8-6-12/h5-8H,3-4,9-11H2,1-2H3. The van der Waals surface area contributed by atoms with E-state index in [4.69, 9.17) is 11.6 Å². The molecule has 0 saturated carbocycles. The fraction of sp³-hybridized carbons (Fsp3) is 0.389. The quantitative estimate of drug-likeness (QED) is 0.688. The molecule has 3 heterocycles. The number of benzene rings is 1. The largest absolute Gasteiger partial charge is 0.338 e. The Bertz CT molecular complexity index is 1090. The van der Waals surface area contributed by atoms with E-state index in [-0.39, 0.29) is 11.2 Å². The van der Waals surface area contributed by atoms with E-state index in [2.05, 4.69) is 9.88 Å². The van der Waals surface area contributed by atoms with Gasteiger partial charge in [0.25, 0.3) is 5.56 Å². The SMILES string of the molecule is Cn1c(=O)c2c(nc3n2CCCCN3Cc2ccc(Cl)cc2)n(C)c1=O. The fourth-order valence-electron chi connectivity index (χ4n) is 3.52. The van der Waals surface area contributed by atoms with Crippen LogP contribution in [0.1, 0.15) is 18.4 Å². The maximum Gasteiger partial charge on any atom is 0.332 e. The summed E-state index contributed by atoms with van der Waals surface area (Å²) in [7, 11) is 3.16. The minimum absolute atomic E-state index is 0.296. The van der Waals surface area contributed by atoms with Gasteiger partial charge in [0.15, 0.2) is 11.2 Å². The fourth-order valence-corrected chi connectivity index (χ4v) is 3.65. The van der Waals surface area contributed by atoms with Crippen molar-refractivity contribution < 1.29 is 0 Å². The molecule has 0 radical (unpaired) electrons. The molecule has 7 nitrogen and oxygen atoms in total. The Morgan fingerprint density at radius 2 is 1.73 bits per heavy atom. The number of halogens is 1. The molecule has 8 heteroatoms.